The summed E-state index contributed by atoms with van der Waals surface area (Å²) in [5.74, 6) is 0.327. The summed E-state index contributed by atoms with van der Waals surface area (Å²) >= 11 is 5.83. The predicted octanol–water partition coefficient (Wildman–Crippen LogP) is 2.36. The Morgan fingerprint density at radius 2 is 2.28 bits per heavy atom. The number of hydrogen-bond donors (Lipinski definition) is 2. The van der Waals surface area contributed by atoms with E-state index in [0.29, 0.717) is 36.0 Å². The Morgan fingerprint density at radius 3 is 2.89 bits per heavy atom. The predicted molar refractivity (Wildman–Crippen MR) is 70.7 cm³/mol. The van der Waals surface area contributed by atoms with Crippen molar-refractivity contribution < 1.29 is 10.0 Å². The quantitative estimate of drug-likeness (QED) is 0.590. The molecule has 1 atom stereocenters. The molecule has 0 saturated heterocycles. The summed E-state index contributed by atoms with van der Waals surface area (Å²) in [4.78, 5) is 10.4. The van der Waals surface area contributed by atoms with E-state index in [-0.39, 0.29) is 12.3 Å². The highest BCUT2D eigenvalue weighted by Gasteiger charge is 2.13. The van der Waals surface area contributed by atoms with Gasteiger partial charge in [0.2, 0.25) is 0 Å². The van der Waals surface area contributed by atoms with Crippen LogP contribution in [0, 0.1) is 16.0 Å². The maximum atomic E-state index is 10.8. The Morgan fingerprint density at radius 1 is 1.56 bits per heavy atom. The highest BCUT2D eigenvalue weighted by Crippen LogP contribution is 2.22. The maximum Gasteiger partial charge on any atom is 0.273 e. The van der Waals surface area contributed by atoms with Crippen molar-refractivity contribution in [3.8, 4) is 0 Å². The van der Waals surface area contributed by atoms with E-state index in [9.17, 15) is 10.1 Å². The zero-order valence-corrected chi connectivity index (χ0v) is 11.0. The average molecular weight is 273 g/mol. The van der Waals surface area contributed by atoms with Gasteiger partial charge >= 0.3 is 0 Å². The highest BCUT2D eigenvalue weighted by atomic mass is 35.5. The van der Waals surface area contributed by atoms with Gasteiger partial charge in [0, 0.05) is 29.8 Å². The van der Waals surface area contributed by atoms with E-state index >= 15 is 0 Å². The first-order valence-corrected chi connectivity index (χ1v) is 6.16. The van der Waals surface area contributed by atoms with Gasteiger partial charge in [0.25, 0.3) is 5.69 Å². The molecule has 0 aromatic heterocycles. The number of nitrogens with one attached hydrogen (secondary N) is 1. The lowest BCUT2D eigenvalue weighted by molar-refractivity contribution is -0.385. The van der Waals surface area contributed by atoms with Gasteiger partial charge in [-0.25, -0.2) is 0 Å². The fourth-order valence-electron chi connectivity index (χ4n) is 1.65. The second-order valence-electron chi connectivity index (χ2n) is 4.28. The molecule has 0 heterocycles. The zero-order chi connectivity index (χ0) is 13.5. The zero-order valence-electron chi connectivity index (χ0n) is 10.2. The van der Waals surface area contributed by atoms with E-state index in [1.807, 2.05) is 6.92 Å². The lowest BCUT2D eigenvalue weighted by atomic mass is 10.1. The lowest BCUT2D eigenvalue weighted by Crippen LogP contribution is -2.21. The second kappa shape index (κ2) is 7.31. The fourth-order valence-corrected chi connectivity index (χ4v) is 1.84. The van der Waals surface area contributed by atoms with Gasteiger partial charge in [0.1, 0.15) is 0 Å². The van der Waals surface area contributed by atoms with Crippen molar-refractivity contribution in [3.05, 3.63) is 38.9 Å². The first-order valence-electron chi connectivity index (χ1n) is 5.79. The van der Waals surface area contributed by atoms with Gasteiger partial charge in [-0.15, -0.1) is 0 Å². The molecule has 0 bridgehead atoms. The molecule has 5 nitrogen and oxygen atoms in total. The number of rotatable bonds is 7. The van der Waals surface area contributed by atoms with Crippen LogP contribution in [0.5, 0.6) is 0 Å². The third-order valence-electron chi connectivity index (χ3n) is 2.67. The van der Waals surface area contributed by atoms with Crippen molar-refractivity contribution in [2.45, 2.75) is 19.9 Å². The number of aliphatic hydroxyl groups is 1. The summed E-state index contributed by atoms with van der Waals surface area (Å²) < 4.78 is 0. The number of hydrogen-bond acceptors (Lipinski definition) is 4. The van der Waals surface area contributed by atoms with E-state index in [0.717, 1.165) is 0 Å². The Balaban J connectivity index is 2.60. The molecule has 1 aromatic rings. The summed E-state index contributed by atoms with van der Waals surface area (Å²) in [5, 5.41) is 23.2. The van der Waals surface area contributed by atoms with Gasteiger partial charge in [-0.3, -0.25) is 10.1 Å². The van der Waals surface area contributed by atoms with Gasteiger partial charge < -0.3 is 10.4 Å². The number of nitrogens with zero attached hydrogens (tertiary/aromatic N) is 1. The first-order chi connectivity index (χ1) is 8.54. The molecule has 0 aliphatic carbocycles. The van der Waals surface area contributed by atoms with E-state index < -0.39 is 4.92 Å². The van der Waals surface area contributed by atoms with E-state index in [1.54, 1.807) is 6.07 Å². The van der Waals surface area contributed by atoms with Crippen LogP contribution in [0.15, 0.2) is 18.2 Å². The first kappa shape index (κ1) is 14.9. The van der Waals surface area contributed by atoms with Crippen molar-refractivity contribution in [2.24, 2.45) is 5.92 Å². The van der Waals surface area contributed by atoms with E-state index in [2.05, 4.69) is 5.32 Å². The number of nitro groups is 1. The summed E-state index contributed by atoms with van der Waals surface area (Å²) in [5.41, 5.74) is 0.644. The monoisotopic (exact) mass is 272 g/mol. The molecule has 0 radical (unpaired) electrons. The molecule has 18 heavy (non-hydrogen) atoms. The molecule has 1 aromatic carbocycles. The maximum absolute atomic E-state index is 10.8. The highest BCUT2D eigenvalue weighted by molar-refractivity contribution is 6.30. The van der Waals surface area contributed by atoms with Crippen molar-refractivity contribution in [3.63, 3.8) is 0 Å². The average Bonchev–Trinajstić information content (AvgIpc) is 2.29. The number of nitro benzene ring substituents is 1. The van der Waals surface area contributed by atoms with Crippen LogP contribution in [0.1, 0.15) is 18.9 Å². The van der Waals surface area contributed by atoms with Crippen LogP contribution in [-0.4, -0.2) is 23.2 Å². The van der Waals surface area contributed by atoms with Crippen molar-refractivity contribution in [1.29, 1.82) is 0 Å². The summed E-state index contributed by atoms with van der Waals surface area (Å²) in [6, 6.07) is 4.53. The van der Waals surface area contributed by atoms with Crippen molar-refractivity contribution >= 4 is 17.3 Å². The molecule has 100 valence electrons. The molecule has 6 heteroatoms. The van der Waals surface area contributed by atoms with Crippen LogP contribution >= 0.6 is 11.6 Å². The van der Waals surface area contributed by atoms with Crippen molar-refractivity contribution in [1.82, 2.24) is 5.32 Å². The third kappa shape index (κ3) is 4.60. The standard InChI is InChI=1S/C12H17ClN2O3/c1-9(4-5-16)7-14-8-10-6-11(13)2-3-12(10)15(17)18/h2-3,6,9,14,16H,4-5,7-8H2,1H3. The van der Waals surface area contributed by atoms with Crippen LogP contribution in [-0.2, 0) is 6.54 Å². The van der Waals surface area contributed by atoms with E-state index in [1.165, 1.54) is 12.1 Å². The largest absolute Gasteiger partial charge is 0.396 e. The molecular formula is C12H17ClN2O3. The second-order valence-corrected chi connectivity index (χ2v) is 4.71. The molecule has 0 fully saturated rings. The molecule has 1 rings (SSSR count). The summed E-state index contributed by atoms with van der Waals surface area (Å²) in [7, 11) is 0. The Bertz CT molecular complexity index is 412. The Hall–Kier alpha value is -1.17. The lowest BCUT2D eigenvalue weighted by Gasteiger charge is -2.11. The molecule has 0 amide bonds. The summed E-state index contributed by atoms with van der Waals surface area (Å²) in [6.45, 7) is 3.26. The molecule has 2 N–H and O–H groups in total. The van der Waals surface area contributed by atoms with E-state index in [4.69, 9.17) is 16.7 Å². The fraction of sp³-hybridized carbons (Fsp3) is 0.500. The molecule has 1 unspecified atom stereocenters. The molecular weight excluding hydrogens is 256 g/mol. The van der Waals surface area contributed by atoms with Crippen LogP contribution in [0.25, 0.3) is 0 Å². The minimum atomic E-state index is -0.412. The van der Waals surface area contributed by atoms with Gasteiger partial charge in [-0.1, -0.05) is 18.5 Å². The van der Waals surface area contributed by atoms with Gasteiger partial charge in [-0.2, -0.15) is 0 Å². The van der Waals surface area contributed by atoms with Crippen molar-refractivity contribution in [2.75, 3.05) is 13.2 Å². The number of aliphatic hydroxyl groups excluding tert-OH is 1. The van der Waals surface area contributed by atoms with Crippen LogP contribution in [0.3, 0.4) is 0 Å². The summed E-state index contributed by atoms with van der Waals surface area (Å²) in [6.07, 6.45) is 0.713. The van der Waals surface area contributed by atoms with Crippen LogP contribution < -0.4 is 5.32 Å². The van der Waals surface area contributed by atoms with Gasteiger partial charge in [0.15, 0.2) is 0 Å². The third-order valence-corrected chi connectivity index (χ3v) is 2.90. The SMILES string of the molecule is CC(CCO)CNCc1cc(Cl)ccc1[N+](=O)[O-]. The van der Waals surface area contributed by atoms with Crippen LogP contribution in [0.2, 0.25) is 5.02 Å². The molecule has 0 aliphatic heterocycles. The Labute approximate surface area is 111 Å². The van der Waals surface area contributed by atoms with Gasteiger partial charge in [-0.05, 0) is 31.0 Å². The normalized spacial score (nSPS) is 12.4. The number of halogens is 1. The topological polar surface area (TPSA) is 75.4 Å². The number of benzene rings is 1. The minimum Gasteiger partial charge on any atom is -0.396 e. The molecule has 0 spiro atoms. The molecule has 0 aliphatic rings. The van der Waals surface area contributed by atoms with Gasteiger partial charge in [0.05, 0.1) is 4.92 Å². The molecule has 0 saturated carbocycles. The van der Waals surface area contributed by atoms with Crippen LogP contribution in [0.4, 0.5) is 5.69 Å². The smallest absolute Gasteiger partial charge is 0.273 e. The Kier molecular flexibility index (Phi) is 6.04. The minimum absolute atomic E-state index is 0.0710.